The maximum atomic E-state index is 3.91. The van der Waals surface area contributed by atoms with Crippen LogP contribution in [-0.4, -0.2) is 61.2 Å². The van der Waals surface area contributed by atoms with Crippen molar-refractivity contribution in [1.29, 1.82) is 0 Å². The molecule has 0 aromatic carbocycles. The fourth-order valence-corrected chi connectivity index (χ4v) is 3.94. The summed E-state index contributed by atoms with van der Waals surface area (Å²) in [6.45, 7) is 10.3. The lowest BCUT2D eigenvalue weighted by atomic mass is 9.93. The van der Waals surface area contributed by atoms with E-state index in [0.717, 1.165) is 12.0 Å². The van der Waals surface area contributed by atoms with Crippen LogP contribution in [0.2, 0.25) is 0 Å². The average molecular weight is 237 g/mol. The highest BCUT2D eigenvalue weighted by molar-refractivity contribution is 4.92. The van der Waals surface area contributed by atoms with Crippen LogP contribution in [0.1, 0.15) is 32.6 Å². The van der Waals surface area contributed by atoms with Gasteiger partial charge in [0.05, 0.1) is 0 Å². The third-order valence-corrected chi connectivity index (χ3v) is 4.86. The Morgan fingerprint density at radius 1 is 1.12 bits per heavy atom. The van der Waals surface area contributed by atoms with Crippen molar-refractivity contribution >= 4 is 0 Å². The van der Waals surface area contributed by atoms with E-state index in [9.17, 15) is 0 Å². The average Bonchev–Trinajstić information content (AvgIpc) is 2.93. The SMILES string of the molecule is CC(CN1CCCC1)NC1CCN2CCC1C2. The fraction of sp³-hybridized carbons (Fsp3) is 1.00. The topological polar surface area (TPSA) is 18.5 Å². The van der Waals surface area contributed by atoms with E-state index in [2.05, 4.69) is 22.0 Å². The number of fused-ring (bicyclic) bond motifs is 2. The molecule has 4 unspecified atom stereocenters. The van der Waals surface area contributed by atoms with Gasteiger partial charge < -0.3 is 15.1 Å². The van der Waals surface area contributed by atoms with Gasteiger partial charge >= 0.3 is 0 Å². The maximum absolute atomic E-state index is 3.91. The van der Waals surface area contributed by atoms with Crippen molar-refractivity contribution in [2.24, 2.45) is 5.92 Å². The normalized spacial score (nSPS) is 39.7. The fourth-order valence-electron chi connectivity index (χ4n) is 3.94. The predicted molar refractivity (Wildman–Crippen MR) is 71.2 cm³/mol. The third-order valence-electron chi connectivity index (χ3n) is 4.86. The Morgan fingerprint density at radius 2 is 1.88 bits per heavy atom. The summed E-state index contributed by atoms with van der Waals surface area (Å²) in [6.07, 6.45) is 5.62. The van der Waals surface area contributed by atoms with Crippen LogP contribution in [0.4, 0.5) is 0 Å². The van der Waals surface area contributed by atoms with E-state index in [0.29, 0.717) is 6.04 Å². The second-order valence-corrected chi connectivity index (χ2v) is 6.32. The summed E-state index contributed by atoms with van der Waals surface area (Å²) in [5, 5.41) is 3.91. The summed E-state index contributed by atoms with van der Waals surface area (Å²) in [4.78, 5) is 5.26. The summed E-state index contributed by atoms with van der Waals surface area (Å²) in [6, 6.07) is 1.47. The van der Waals surface area contributed by atoms with E-state index in [4.69, 9.17) is 0 Å². The van der Waals surface area contributed by atoms with Crippen molar-refractivity contribution in [3.8, 4) is 0 Å². The number of hydrogen-bond donors (Lipinski definition) is 1. The number of nitrogens with one attached hydrogen (secondary N) is 1. The molecule has 2 bridgehead atoms. The van der Waals surface area contributed by atoms with Gasteiger partial charge in [0.1, 0.15) is 0 Å². The van der Waals surface area contributed by atoms with Gasteiger partial charge in [0, 0.05) is 25.2 Å². The number of rotatable bonds is 4. The molecule has 0 aromatic heterocycles. The minimum atomic E-state index is 0.672. The zero-order valence-corrected chi connectivity index (χ0v) is 11.2. The molecule has 3 heterocycles. The number of piperidine rings is 1. The monoisotopic (exact) mass is 237 g/mol. The van der Waals surface area contributed by atoms with E-state index in [1.54, 1.807) is 0 Å². The van der Waals surface area contributed by atoms with Crippen molar-refractivity contribution in [2.45, 2.75) is 44.7 Å². The highest BCUT2D eigenvalue weighted by Crippen LogP contribution is 2.27. The molecular formula is C14H27N3. The Hall–Kier alpha value is -0.120. The zero-order valence-electron chi connectivity index (χ0n) is 11.2. The number of hydrogen-bond acceptors (Lipinski definition) is 3. The molecular weight excluding hydrogens is 210 g/mol. The van der Waals surface area contributed by atoms with Crippen molar-refractivity contribution in [1.82, 2.24) is 15.1 Å². The van der Waals surface area contributed by atoms with Gasteiger partial charge in [-0.05, 0) is 64.7 Å². The van der Waals surface area contributed by atoms with Crippen molar-refractivity contribution in [3.63, 3.8) is 0 Å². The maximum Gasteiger partial charge on any atom is 0.0169 e. The van der Waals surface area contributed by atoms with Gasteiger partial charge in [0.25, 0.3) is 0 Å². The Bertz CT molecular complexity index is 250. The Kier molecular flexibility index (Phi) is 3.69. The van der Waals surface area contributed by atoms with Crippen LogP contribution in [0.3, 0.4) is 0 Å². The minimum absolute atomic E-state index is 0.672. The molecule has 0 amide bonds. The first kappa shape index (κ1) is 11.9. The quantitative estimate of drug-likeness (QED) is 0.791. The summed E-state index contributed by atoms with van der Waals surface area (Å²) in [5.41, 5.74) is 0. The molecule has 0 aliphatic carbocycles. The molecule has 4 atom stereocenters. The highest BCUT2D eigenvalue weighted by Gasteiger charge is 2.34. The lowest BCUT2D eigenvalue weighted by molar-refractivity contribution is 0.198. The van der Waals surface area contributed by atoms with E-state index < -0.39 is 0 Å². The van der Waals surface area contributed by atoms with Crippen molar-refractivity contribution in [2.75, 3.05) is 39.3 Å². The predicted octanol–water partition coefficient (Wildman–Crippen LogP) is 1.15. The number of nitrogens with zero attached hydrogens (tertiary/aromatic N) is 2. The summed E-state index contributed by atoms with van der Waals surface area (Å²) < 4.78 is 0. The van der Waals surface area contributed by atoms with Gasteiger partial charge in [-0.3, -0.25) is 0 Å². The molecule has 3 nitrogen and oxygen atoms in total. The first-order valence-corrected chi connectivity index (χ1v) is 7.52. The van der Waals surface area contributed by atoms with Gasteiger partial charge in [-0.25, -0.2) is 0 Å². The molecule has 3 saturated heterocycles. The molecule has 1 N–H and O–H groups in total. The van der Waals surface area contributed by atoms with Crippen LogP contribution in [-0.2, 0) is 0 Å². The minimum Gasteiger partial charge on any atom is -0.310 e. The first-order valence-electron chi connectivity index (χ1n) is 7.52. The summed E-state index contributed by atoms with van der Waals surface area (Å²) in [5.74, 6) is 0.935. The molecule has 3 aliphatic heterocycles. The lowest BCUT2D eigenvalue weighted by Crippen LogP contribution is -2.49. The van der Waals surface area contributed by atoms with E-state index in [1.807, 2.05) is 0 Å². The van der Waals surface area contributed by atoms with Gasteiger partial charge in [0.15, 0.2) is 0 Å². The molecule has 0 radical (unpaired) electrons. The smallest absolute Gasteiger partial charge is 0.0169 e. The van der Waals surface area contributed by atoms with Gasteiger partial charge in [-0.2, -0.15) is 0 Å². The molecule has 98 valence electrons. The summed E-state index contributed by atoms with van der Waals surface area (Å²) >= 11 is 0. The first-order chi connectivity index (χ1) is 8.31. The third kappa shape index (κ3) is 2.83. The van der Waals surface area contributed by atoms with Crippen molar-refractivity contribution in [3.05, 3.63) is 0 Å². The van der Waals surface area contributed by atoms with E-state index in [-0.39, 0.29) is 0 Å². The van der Waals surface area contributed by atoms with Crippen LogP contribution >= 0.6 is 0 Å². The Labute approximate surface area is 106 Å². The largest absolute Gasteiger partial charge is 0.310 e. The number of likely N-dealkylation sites (tertiary alicyclic amines) is 1. The summed E-state index contributed by atoms with van der Waals surface area (Å²) in [7, 11) is 0. The molecule has 0 spiro atoms. The van der Waals surface area contributed by atoms with Crippen LogP contribution in [0.5, 0.6) is 0 Å². The van der Waals surface area contributed by atoms with E-state index in [1.165, 1.54) is 65.0 Å². The van der Waals surface area contributed by atoms with E-state index >= 15 is 0 Å². The van der Waals surface area contributed by atoms with Gasteiger partial charge in [-0.15, -0.1) is 0 Å². The lowest BCUT2D eigenvalue weighted by Gasteiger charge is -2.34. The Balaban J connectivity index is 1.45. The van der Waals surface area contributed by atoms with Crippen LogP contribution in [0.25, 0.3) is 0 Å². The standard InChI is InChI=1S/C14H27N3/c1-12(10-16-6-2-3-7-16)15-14-5-9-17-8-4-13(14)11-17/h12-15H,2-11H2,1H3. The Morgan fingerprint density at radius 3 is 2.71 bits per heavy atom. The molecule has 0 saturated carbocycles. The highest BCUT2D eigenvalue weighted by atomic mass is 15.2. The zero-order chi connectivity index (χ0) is 11.7. The molecule has 3 fully saturated rings. The second-order valence-electron chi connectivity index (χ2n) is 6.32. The van der Waals surface area contributed by atoms with Gasteiger partial charge in [0.2, 0.25) is 0 Å². The van der Waals surface area contributed by atoms with Crippen LogP contribution in [0, 0.1) is 5.92 Å². The molecule has 3 rings (SSSR count). The van der Waals surface area contributed by atoms with Crippen molar-refractivity contribution < 1.29 is 0 Å². The van der Waals surface area contributed by atoms with Crippen LogP contribution in [0.15, 0.2) is 0 Å². The molecule has 3 aliphatic rings. The van der Waals surface area contributed by atoms with Crippen LogP contribution < -0.4 is 5.32 Å². The molecule has 3 heteroatoms. The molecule has 17 heavy (non-hydrogen) atoms. The molecule has 0 aromatic rings. The second kappa shape index (κ2) is 5.25. The van der Waals surface area contributed by atoms with Gasteiger partial charge in [-0.1, -0.05) is 0 Å².